The van der Waals surface area contributed by atoms with Crippen LogP contribution in [0.3, 0.4) is 0 Å². The van der Waals surface area contributed by atoms with Crippen LogP contribution in [-0.2, 0) is 15.2 Å². The molecule has 0 amide bonds. The Morgan fingerprint density at radius 2 is 2.25 bits per heavy atom. The van der Waals surface area contributed by atoms with Crippen molar-refractivity contribution in [2.24, 2.45) is 0 Å². The second-order valence-electron chi connectivity index (χ2n) is 1.22. The monoisotopic (exact) mass is 137 g/mol. The molecule has 0 atom stereocenters. The standard InChI is InChI=1S/C4H9O3S/c1-2-3-4-7-8(5)6/h3,8H,2,4H2,1H3. The lowest BCUT2D eigenvalue weighted by Crippen LogP contribution is -1.90. The minimum atomic E-state index is -2.64. The van der Waals surface area contributed by atoms with Crippen molar-refractivity contribution in [1.29, 1.82) is 0 Å². The minimum absolute atomic E-state index is 0.204. The number of thiol groups is 1. The maximum atomic E-state index is 9.67. The Morgan fingerprint density at radius 1 is 1.62 bits per heavy atom. The first-order valence-electron chi connectivity index (χ1n) is 2.36. The van der Waals surface area contributed by atoms with Crippen LogP contribution >= 0.6 is 0 Å². The van der Waals surface area contributed by atoms with Gasteiger partial charge in [0.05, 0.1) is 6.61 Å². The van der Waals surface area contributed by atoms with E-state index in [1.165, 1.54) is 0 Å². The Balaban J connectivity index is 2.94. The third-order valence-electron chi connectivity index (χ3n) is 0.586. The van der Waals surface area contributed by atoms with E-state index < -0.39 is 11.0 Å². The Hall–Kier alpha value is -0.0900. The van der Waals surface area contributed by atoms with Gasteiger partial charge in [-0.3, -0.25) is 4.18 Å². The Kier molecular flexibility index (Phi) is 5.00. The first-order chi connectivity index (χ1) is 3.77. The smallest absolute Gasteiger partial charge is 0.257 e. The first kappa shape index (κ1) is 7.91. The molecule has 0 heterocycles. The highest BCUT2D eigenvalue weighted by atomic mass is 32.2. The fraction of sp³-hybridized carbons (Fsp3) is 0.750. The molecule has 1 radical (unpaired) electrons. The molecule has 0 aromatic carbocycles. The van der Waals surface area contributed by atoms with Crippen molar-refractivity contribution in [1.82, 2.24) is 0 Å². The van der Waals surface area contributed by atoms with Gasteiger partial charge in [-0.25, -0.2) is 8.42 Å². The summed E-state index contributed by atoms with van der Waals surface area (Å²) >= 11 is 0. The maximum absolute atomic E-state index is 9.67. The van der Waals surface area contributed by atoms with Crippen LogP contribution in [-0.4, -0.2) is 15.0 Å². The fourth-order valence-corrected chi connectivity index (χ4v) is 0.459. The van der Waals surface area contributed by atoms with Gasteiger partial charge in [0.2, 0.25) is 0 Å². The molecule has 0 saturated carbocycles. The summed E-state index contributed by atoms with van der Waals surface area (Å²) in [6.45, 7) is 2.12. The second-order valence-corrected chi connectivity index (χ2v) is 1.92. The Labute approximate surface area is 50.8 Å². The van der Waals surface area contributed by atoms with Crippen molar-refractivity contribution in [3.05, 3.63) is 6.42 Å². The Morgan fingerprint density at radius 3 is 2.62 bits per heavy atom. The number of hydrogen-bond donors (Lipinski definition) is 1. The predicted molar refractivity (Wildman–Crippen MR) is 30.9 cm³/mol. The lowest BCUT2D eigenvalue weighted by atomic mass is 10.4. The van der Waals surface area contributed by atoms with Crippen LogP contribution in [0.5, 0.6) is 0 Å². The average molecular weight is 137 g/mol. The van der Waals surface area contributed by atoms with E-state index in [0.29, 0.717) is 0 Å². The topological polar surface area (TPSA) is 43.4 Å². The molecule has 49 valence electrons. The molecule has 0 saturated heterocycles. The van der Waals surface area contributed by atoms with E-state index in [4.69, 9.17) is 0 Å². The number of rotatable bonds is 4. The van der Waals surface area contributed by atoms with Crippen LogP contribution < -0.4 is 0 Å². The highest BCUT2D eigenvalue weighted by Gasteiger charge is 1.83. The zero-order chi connectivity index (χ0) is 6.41. The average Bonchev–Trinajstić information content (AvgIpc) is 1.66. The molecule has 0 aliphatic carbocycles. The summed E-state index contributed by atoms with van der Waals surface area (Å²) in [5.74, 6) is 0. The molecule has 0 aromatic heterocycles. The van der Waals surface area contributed by atoms with Crippen molar-refractivity contribution < 1.29 is 12.6 Å². The zero-order valence-electron chi connectivity index (χ0n) is 4.66. The summed E-state index contributed by atoms with van der Waals surface area (Å²) in [5, 5.41) is 0. The largest absolute Gasteiger partial charge is 0.272 e. The maximum Gasteiger partial charge on any atom is 0.257 e. The van der Waals surface area contributed by atoms with Gasteiger partial charge in [0.25, 0.3) is 11.0 Å². The summed E-state index contributed by atoms with van der Waals surface area (Å²) in [6, 6.07) is 0. The third-order valence-corrected chi connectivity index (χ3v) is 0.946. The first-order valence-corrected chi connectivity index (χ1v) is 3.46. The molecule has 0 aliphatic heterocycles. The summed E-state index contributed by atoms with van der Waals surface area (Å²) < 4.78 is 23.5. The van der Waals surface area contributed by atoms with Crippen LogP contribution in [0.25, 0.3) is 0 Å². The molecule has 0 aromatic rings. The van der Waals surface area contributed by atoms with Gasteiger partial charge in [-0.1, -0.05) is 13.3 Å². The van der Waals surface area contributed by atoms with Crippen LogP contribution in [0.4, 0.5) is 0 Å². The molecule has 0 spiro atoms. The lowest BCUT2D eigenvalue weighted by molar-refractivity contribution is 0.359. The molecule has 8 heavy (non-hydrogen) atoms. The third kappa shape index (κ3) is 5.91. The van der Waals surface area contributed by atoms with Crippen molar-refractivity contribution >= 4 is 11.0 Å². The Bertz CT molecular complexity index is 99.9. The van der Waals surface area contributed by atoms with Crippen LogP contribution in [0.15, 0.2) is 0 Å². The molecule has 0 aliphatic rings. The normalized spacial score (nSPS) is 10.2. The summed E-state index contributed by atoms with van der Waals surface area (Å²) in [6.07, 6.45) is 2.58. The van der Waals surface area contributed by atoms with E-state index in [1.54, 1.807) is 6.42 Å². The van der Waals surface area contributed by atoms with Gasteiger partial charge in [-0.2, -0.15) is 0 Å². The molecule has 0 unspecified atom stereocenters. The van der Waals surface area contributed by atoms with Gasteiger partial charge < -0.3 is 0 Å². The lowest BCUT2D eigenvalue weighted by Gasteiger charge is -1.88. The van der Waals surface area contributed by atoms with Gasteiger partial charge in [0.1, 0.15) is 0 Å². The van der Waals surface area contributed by atoms with Crippen LogP contribution in [0, 0.1) is 6.42 Å². The molecule has 0 fully saturated rings. The molecular formula is C4H9O3S. The minimum Gasteiger partial charge on any atom is -0.272 e. The highest BCUT2D eigenvalue weighted by Crippen LogP contribution is 1.84. The number of unbranched alkanes of at least 4 members (excludes halogenated alkanes) is 1. The van der Waals surface area contributed by atoms with E-state index >= 15 is 0 Å². The highest BCUT2D eigenvalue weighted by molar-refractivity contribution is 7.67. The summed E-state index contributed by atoms with van der Waals surface area (Å²) in [4.78, 5) is 0. The van der Waals surface area contributed by atoms with Crippen molar-refractivity contribution in [2.45, 2.75) is 13.3 Å². The van der Waals surface area contributed by atoms with Crippen molar-refractivity contribution in [3.63, 3.8) is 0 Å². The second kappa shape index (κ2) is 5.05. The van der Waals surface area contributed by atoms with Gasteiger partial charge in [0.15, 0.2) is 0 Å². The molecule has 4 heteroatoms. The van der Waals surface area contributed by atoms with Crippen LogP contribution in [0.1, 0.15) is 13.3 Å². The van der Waals surface area contributed by atoms with E-state index in [-0.39, 0.29) is 6.61 Å². The van der Waals surface area contributed by atoms with E-state index in [1.807, 2.05) is 6.92 Å². The predicted octanol–water partition coefficient (Wildman–Crippen LogP) is 0.144. The summed E-state index contributed by atoms with van der Waals surface area (Å²) in [7, 11) is -2.64. The van der Waals surface area contributed by atoms with Gasteiger partial charge in [0, 0.05) is 0 Å². The quantitative estimate of drug-likeness (QED) is 0.443. The summed E-state index contributed by atoms with van der Waals surface area (Å²) in [5.41, 5.74) is 0. The number of hydrogen-bond acceptors (Lipinski definition) is 3. The van der Waals surface area contributed by atoms with Crippen molar-refractivity contribution in [3.8, 4) is 0 Å². The zero-order valence-corrected chi connectivity index (χ0v) is 5.56. The fourth-order valence-electron chi connectivity index (χ4n) is 0.231. The SMILES string of the molecule is CC[CH]CO[SH](=O)=O. The molecule has 0 N–H and O–H groups in total. The van der Waals surface area contributed by atoms with Crippen molar-refractivity contribution in [2.75, 3.05) is 6.61 Å². The molecular weight excluding hydrogens is 128 g/mol. The van der Waals surface area contributed by atoms with E-state index in [2.05, 4.69) is 4.18 Å². The molecule has 0 rings (SSSR count). The van der Waals surface area contributed by atoms with Gasteiger partial charge >= 0.3 is 0 Å². The molecule has 3 nitrogen and oxygen atoms in total. The molecule has 0 bridgehead atoms. The van der Waals surface area contributed by atoms with E-state index in [0.717, 1.165) is 6.42 Å². The van der Waals surface area contributed by atoms with Gasteiger partial charge in [-0.05, 0) is 6.42 Å². The van der Waals surface area contributed by atoms with Crippen LogP contribution in [0.2, 0.25) is 0 Å². The van der Waals surface area contributed by atoms with Gasteiger partial charge in [-0.15, -0.1) is 0 Å². The van der Waals surface area contributed by atoms with E-state index in [9.17, 15) is 8.42 Å².